The topological polar surface area (TPSA) is 63.4 Å². The molecule has 0 bridgehead atoms. The van der Waals surface area contributed by atoms with Crippen LogP contribution in [0.3, 0.4) is 0 Å². The lowest BCUT2D eigenvalue weighted by molar-refractivity contribution is -0.119. The van der Waals surface area contributed by atoms with E-state index in [1.54, 1.807) is 31.0 Å². The lowest BCUT2D eigenvalue weighted by atomic mass is 10.0. The predicted octanol–water partition coefficient (Wildman–Crippen LogP) is 1.44. The van der Waals surface area contributed by atoms with Crippen molar-refractivity contribution in [2.75, 3.05) is 13.6 Å². The number of amides is 1. The molecule has 0 aliphatic carbocycles. The summed E-state index contributed by atoms with van der Waals surface area (Å²) in [4.78, 5) is 24.5. The number of hydrogen-bond acceptors (Lipinski definition) is 3. The number of hydrogen-bond donors (Lipinski definition) is 1. The third kappa shape index (κ3) is 3.94. The van der Waals surface area contributed by atoms with Crippen LogP contribution in [0.4, 0.5) is 0 Å². The molecule has 0 aliphatic heterocycles. The fourth-order valence-electron chi connectivity index (χ4n) is 1.44. The van der Waals surface area contributed by atoms with Crippen molar-refractivity contribution in [1.29, 1.82) is 0 Å². The zero-order valence-electron chi connectivity index (χ0n) is 9.81. The highest BCUT2D eigenvalue weighted by atomic mass is 79.9. The second-order valence-electron chi connectivity index (χ2n) is 3.93. The Labute approximate surface area is 109 Å². The number of nitrogens with two attached hydrogens (primary N) is 1. The van der Waals surface area contributed by atoms with Gasteiger partial charge in [0.15, 0.2) is 5.78 Å². The molecule has 1 amide bonds. The predicted molar refractivity (Wildman–Crippen MR) is 69.8 cm³/mol. The van der Waals surface area contributed by atoms with Crippen LogP contribution in [-0.2, 0) is 4.79 Å². The number of carbonyl (C=O) groups excluding carboxylic acids is 2. The van der Waals surface area contributed by atoms with E-state index < -0.39 is 5.91 Å². The number of likely N-dealkylation sites (N-methyl/N-ethyl adjacent to an activating group) is 1. The molecule has 92 valence electrons. The van der Waals surface area contributed by atoms with Gasteiger partial charge in [-0.1, -0.05) is 28.1 Å². The number of halogens is 1. The number of nitrogens with zero attached hydrogens (tertiary/aromatic N) is 1. The van der Waals surface area contributed by atoms with Crippen molar-refractivity contribution in [3.05, 3.63) is 34.3 Å². The molecule has 0 aliphatic rings. The Balaban J connectivity index is 2.75. The SMILES string of the molecule is CC(C(=O)c1ccc(Br)cc1)N(C)CC(N)=O. The summed E-state index contributed by atoms with van der Waals surface area (Å²) in [7, 11) is 1.70. The van der Waals surface area contributed by atoms with E-state index in [1.165, 1.54) is 0 Å². The highest BCUT2D eigenvalue weighted by Crippen LogP contribution is 2.13. The first kappa shape index (κ1) is 13.9. The standard InChI is InChI=1S/C12H15BrN2O2/c1-8(15(2)7-11(14)16)12(17)9-3-5-10(13)6-4-9/h3-6,8H,7H2,1-2H3,(H2,14,16). The number of rotatable bonds is 5. The van der Waals surface area contributed by atoms with Crippen molar-refractivity contribution < 1.29 is 9.59 Å². The molecule has 1 aromatic rings. The third-order valence-corrected chi connectivity index (χ3v) is 3.10. The van der Waals surface area contributed by atoms with E-state index in [4.69, 9.17) is 5.73 Å². The van der Waals surface area contributed by atoms with Crippen LogP contribution in [0.2, 0.25) is 0 Å². The molecule has 1 aromatic carbocycles. The van der Waals surface area contributed by atoms with Crippen molar-refractivity contribution in [3.63, 3.8) is 0 Å². The quantitative estimate of drug-likeness (QED) is 0.837. The van der Waals surface area contributed by atoms with Gasteiger partial charge in [0.25, 0.3) is 0 Å². The smallest absolute Gasteiger partial charge is 0.231 e. The molecule has 4 nitrogen and oxygen atoms in total. The minimum absolute atomic E-state index is 0.0266. The van der Waals surface area contributed by atoms with Gasteiger partial charge in [-0.25, -0.2) is 0 Å². The molecule has 0 aromatic heterocycles. The van der Waals surface area contributed by atoms with Crippen LogP contribution >= 0.6 is 15.9 Å². The lowest BCUT2D eigenvalue weighted by Crippen LogP contribution is -2.41. The number of ketones is 1. The normalized spacial score (nSPS) is 12.5. The average molecular weight is 299 g/mol. The fraction of sp³-hybridized carbons (Fsp3) is 0.333. The summed E-state index contributed by atoms with van der Waals surface area (Å²) in [6.07, 6.45) is 0. The molecule has 1 unspecified atom stereocenters. The van der Waals surface area contributed by atoms with E-state index in [2.05, 4.69) is 15.9 Å². The first-order chi connectivity index (χ1) is 7.91. The zero-order chi connectivity index (χ0) is 13.0. The molecular formula is C12H15BrN2O2. The van der Waals surface area contributed by atoms with E-state index in [0.29, 0.717) is 5.56 Å². The molecule has 1 rings (SSSR count). The van der Waals surface area contributed by atoms with Gasteiger partial charge in [0.1, 0.15) is 0 Å². The molecule has 0 radical (unpaired) electrons. The van der Waals surface area contributed by atoms with Gasteiger partial charge < -0.3 is 5.73 Å². The number of Topliss-reactive ketones (excluding diaryl/α,β-unsaturated/α-hetero) is 1. The first-order valence-corrected chi connectivity index (χ1v) is 5.99. The summed E-state index contributed by atoms with van der Waals surface area (Å²) in [6.45, 7) is 1.83. The van der Waals surface area contributed by atoms with Gasteiger partial charge in [-0.15, -0.1) is 0 Å². The molecule has 0 heterocycles. The van der Waals surface area contributed by atoms with Gasteiger partial charge in [0.05, 0.1) is 12.6 Å². The minimum Gasteiger partial charge on any atom is -0.369 e. The van der Waals surface area contributed by atoms with Crippen LogP contribution in [0.25, 0.3) is 0 Å². The fourth-order valence-corrected chi connectivity index (χ4v) is 1.70. The minimum atomic E-state index is -0.442. The van der Waals surface area contributed by atoms with Gasteiger partial charge in [-0.2, -0.15) is 0 Å². The molecule has 17 heavy (non-hydrogen) atoms. The van der Waals surface area contributed by atoms with Gasteiger partial charge in [0, 0.05) is 10.0 Å². The Hall–Kier alpha value is -1.20. The van der Waals surface area contributed by atoms with Crippen LogP contribution in [0, 0.1) is 0 Å². The summed E-state index contributed by atoms with van der Waals surface area (Å²) >= 11 is 3.31. The van der Waals surface area contributed by atoms with Crippen molar-refractivity contribution in [2.24, 2.45) is 5.73 Å². The van der Waals surface area contributed by atoms with Crippen LogP contribution in [-0.4, -0.2) is 36.2 Å². The molecule has 1 atom stereocenters. The van der Waals surface area contributed by atoms with Crippen molar-refractivity contribution >= 4 is 27.6 Å². The highest BCUT2D eigenvalue weighted by Gasteiger charge is 2.20. The monoisotopic (exact) mass is 298 g/mol. The van der Waals surface area contributed by atoms with E-state index >= 15 is 0 Å². The van der Waals surface area contributed by atoms with Gasteiger partial charge in [0.2, 0.25) is 5.91 Å². The first-order valence-electron chi connectivity index (χ1n) is 5.20. The summed E-state index contributed by atoms with van der Waals surface area (Å²) in [6, 6.07) is 6.76. The largest absolute Gasteiger partial charge is 0.369 e. The maximum atomic E-state index is 12.1. The van der Waals surface area contributed by atoms with Crippen molar-refractivity contribution in [1.82, 2.24) is 4.90 Å². The second-order valence-corrected chi connectivity index (χ2v) is 4.84. The molecule has 0 spiro atoms. The second kappa shape index (κ2) is 5.93. The Morgan fingerprint density at radius 2 is 1.88 bits per heavy atom. The third-order valence-electron chi connectivity index (χ3n) is 2.57. The van der Waals surface area contributed by atoms with Crippen LogP contribution in [0.5, 0.6) is 0 Å². The van der Waals surface area contributed by atoms with E-state index in [0.717, 1.165) is 4.47 Å². The Morgan fingerprint density at radius 1 is 1.35 bits per heavy atom. The molecule has 0 saturated heterocycles. The van der Waals surface area contributed by atoms with E-state index in [-0.39, 0.29) is 18.4 Å². The molecule has 5 heteroatoms. The van der Waals surface area contributed by atoms with Crippen LogP contribution in [0.1, 0.15) is 17.3 Å². The van der Waals surface area contributed by atoms with E-state index in [1.807, 2.05) is 12.1 Å². The number of carbonyl (C=O) groups is 2. The van der Waals surface area contributed by atoms with E-state index in [9.17, 15) is 9.59 Å². The summed E-state index contributed by atoms with van der Waals surface area (Å²) in [5.41, 5.74) is 5.71. The maximum absolute atomic E-state index is 12.1. The Bertz CT molecular complexity index is 417. The molecule has 0 saturated carbocycles. The van der Waals surface area contributed by atoms with Gasteiger partial charge in [-0.05, 0) is 26.1 Å². The summed E-state index contributed by atoms with van der Waals surface area (Å²) in [5, 5.41) is 0. The van der Waals surface area contributed by atoms with Gasteiger partial charge >= 0.3 is 0 Å². The molecule has 0 fully saturated rings. The summed E-state index contributed by atoms with van der Waals surface area (Å²) in [5.74, 6) is -0.468. The van der Waals surface area contributed by atoms with Gasteiger partial charge in [-0.3, -0.25) is 14.5 Å². The van der Waals surface area contributed by atoms with Crippen LogP contribution < -0.4 is 5.73 Å². The molecule has 2 N–H and O–H groups in total. The average Bonchev–Trinajstić information content (AvgIpc) is 2.27. The Kier molecular flexibility index (Phi) is 4.84. The lowest BCUT2D eigenvalue weighted by Gasteiger charge is -2.21. The maximum Gasteiger partial charge on any atom is 0.231 e. The number of benzene rings is 1. The molecular weight excluding hydrogens is 284 g/mol. The highest BCUT2D eigenvalue weighted by molar-refractivity contribution is 9.10. The number of primary amides is 1. The van der Waals surface area contributed by atoms with Crippen LogP contribution in [0.15, 0.2) is 28.7 Å². The Morgan fingerprint density at radius 3 is 2.35 bits per heavy atom. The summed E-state index contributed by atoms with van der Waals surface area (Å²) < 4.78 is 0.923. The van der Waals surface area contributed by atoms with Crippen molar-refractivity contribution in [3.8, 4) is 0 Å². The van der Waals surface area contributed by atoms with Crippen molar-refractivity contribution in [2.45, 2.75) is 13.0 Å². The zero-order valence-corrected chi connectivity index (χ0v) is 11.4.